The van der Waals surface area contributed by atoms with Crippen LogP contribution in [0.25, 0.3) is 11.2 Å². The number of nitrogens with zero attached hydrogens (tertiary/aromatic N) is 2. The van der Waals surface area contributed by atoms with Crippen LogP contribution in [0.2, 0.25) is 10.0 Å². The van der Waals surface area contributed by atoms with Crippen LogP contribution in [0.1, 0.15) is 43.0 Å². The van der Waals surface area contributed by atoms with Gasteiger partial charge in [0.2, 0.25) is 11.8 Å². The van der Waals surface area contributed by atoms with E-state index in [1.807, 2.05) is 0 Å². The lowest BCUT2D eigenvalue weighted by Gasteiger charge is -2.27. The average molecular weight is 516 g/mol. The number of carbonyl (C=O) groups is 1. The molecule has 3 aromatic rings. The molecule has 2 aromatic heterocycles. The zero-order chi connectivity index (χ0) is 24.4. The van der Waals surface area contributed by atoms with Gasteiger partial charge in [-0.3, -0.25) is 4.79 Å². The number of nitrogens with one attached hydrogen (secondary N) is 3. The van der Waals surface area contributed by atoms with E-state index in [0.717, 1.165) is 25.7 Å². The monoisotopic (exact) mass is 515 g/mol. The summed E-state index contributed by atoms with van der Waals surface area (Å²) in [5.74, 6) is -0.856. The highest BCUT2D eigenvalue weighted by Crippen LogP contribution is 2.33. The van der Waals surface area contributed by atoms with Crippen molar-refractivity contribution in [2.24, 2.45) is 5.92 Å². The molecule has 1 aliphatic rings. The summed E-state index contributed by atoms with van der Waals surface area (Å²) in [5.41, 5.74) is 0.280. The molecular formula is C22H22Cl2F3N5O2. The predicted octanol–water partition coefficient (Wildman–Crippen LogP) is 6.10. The number of halogens is 5. The topological polar surface area (TPSA) is 91.9 Å². The smallest absolute Gasteiger partial charge is 0.272 e. The van der Waals surface area contributed by atoms with Crippen LogP contribution in [0.5, 0.6) is 5.88 Å². The first kappa shape index (κ1) is 24.4. The largest absolute Gasteiger partial charge is 0.471 e. The van der Waals surface area contributed by atoms with Gasteiger partial charge in [-0.15, -0.1) is 0 Å². The molecule has 4 rings (SSSR count). The van der Waals surface area contributed by atoms with E-state index in [-0.39, 0.29) is 44.8 Å². The van der Waals surface area contributed by atoms with Crippen molar-refractivity contribution < 1.29 is 22.7 Å². The molecule has 1 aromatic carbocycles. The molecule has 1 amide bonds. The minimum atomic E-state index is -2.75. The van der Waals surface area contributed by atoms with Crippen LogP contribution in [0, 0.1) is 11.7 Å². The van der Waals surface area contributed by atoms with Crippen molar-refractivity contribution in [3.05, 3.63) is 39.6 Å². The number of imidazole rings is 1. The molecular weight excluding hydrogens is 494 g/mol. The minimum absolute atomic E-state index is 0.00561. The van der Waals surface area contributed by atoms with Gasteiger partial charge < -0.3 is 20.4 Å². The summed E-state index contributed by atoms with van der Waals surface area (Å²) in [4.78, 5) is 24.2. The summed E-state index contributed by atoms with van der Waals surface area (Å²) in [5, 5.41) is 5.57. The van der Waals surface area contributed by atoms with Gasteiger partial charge in [0, 0.05) is 6.04 Å². The number of fused-ring (bicyclic) bond motifs is 1. The molecule has 182 valence electrons. The first-order valence-electron chi connectivity index (χ1n) is 10.7. The first-order valence-corrected chi connectivity index (χ1v) is 11.5. The molecule has 2 heterocycles. The summed E-state index contributed by atoms with van der Waals surface area (Å²) in [6.07, 6.45) is 0.905. The van der Waals surface area contributed by atoms with Crippen LogP contribution in [0.15, 0.2) is 18.2 Å². The molecule has 0 unspecified atom stereocenters. The number of benzene rings is 1. The number of ether oxygens (including phenoxy) is 1. The third kappa shape index (κ3) is 5.50. The van der Waals surface area contributed by atoms with E-state index < -0.39 is 24.8 Å². The molecule has 7 nitrogen and oxygen atoms in total. The summed E-state index contributed by atoms with van der Waals surface area (Å²) >= 11 is 11.9. The number of aromatic nitrogens is 3. The number of anilines is 2. The number of rotatable bonds is 7. The molecule has 3 N–H and O–H groups in total. The number of amides is 1. The van der Waals surface area contributed by atoms with Gasteiger partial charge in [-0.25, -0.2) is 13.2 Å². The third-order valence-corrected chi connectivity index (χ3v) is 6.27. The van der Waals surface area contributed by atoms with Gasteiger partial charge in [-0.1, -0.05) is 30.1 Å². The Hall–Kier alpha value is -2.72. The fourth-order valence-electron chi connectivity index (χ4n) is 3.83. The van der Waals surface area contributed by atoms with E-state index in [0.29, 0.717) is 11.4 Å². The summed E-state index contributed by atoms with van der Waals surface area (Å²) < 4.78 is 45.1. The van der Waals surface area contributed by atoms with Gasteiger partial charge in [0.05, 0.1) is 21.2 Å². The Balaban J connectivity index is 1.64. The fraction of sp³-hybridized carbons (Fsp3) is 0.409. The van der Waals surface area contributed by atoms with Gasteiger partial charge in [0.15, 0.2) is 18.1 Å². The summed E-state index contributed by atoms with van der Waals surface area (Å²) in [6.45, 7) is 1.23. The minimum Gasteiger partial charge on any atom is -0.471 e. The van der Waals surface area contributed by atoms with Gasteiger partial charge in [-0.2, -0.15) is 9.97 Å². The van der Waals surface area contributed by atoms with Crippen LogP contribution < -0.4 is 15.4 Å². The highest BCUT2D eigenvalue weighted by molar-refractivity contribution is 6.35. The summed E-state index contributed by atoms with van der Waals surface area (Å²) in [7, 11) is 0. The van der Waals surface area contributed by atoms with Crippen LogP contribution in [-0.4, -0.2) is 39.9 Å². The van der Waals surface area contributed by atoms with Crippen molar-refractivity contribution in [3.8, 4) is 5.88 Å². The van der Waals surface area contributed by atoms with E-state index in [9.17, 15) is 18.0 Å². The molecule has 0 atom stereocenters. The lowest BCUT2D eigenvalue weighted by Crippen LogP contribution is -2.37. The second-order valence-electron chi connectivity index (χ2n) is 8.27. The zero-order valence-electron chi connectivity index (χ0n) is 18.1. The molecule has 1 aliphatic carbocycles. The molecule has 0 aliphatic heterocycles. The number of alkyl halides is 2. The normalized spacial score (nSPS) is 18.3. The van der Waals surface area contributed by atoms with Crippen LogP contribution in [-0.2, 0) is 0 Å². The van der Waals surface area contributed by atoms with Crippen molar-refractivity contribution in [3.63, 3.8) is 0 Å². The second kappa shape index (κ2) is 10.3. The number of carbonyl (C=O) groups excluding carboxylic acids is 1. The highest BCUT2D eigenvalue weighted by atomic mass is 35.5. The van der Waals surface area contributed by atoms with E-state index in [1.165, 1.54) is 18.2 Å². The van der Waals surface area contributed by atoms with Crippen LogP contribution in [0.3, 0.4) is 0 Å². The number of pyridine rings is 1. The fourth-order valence-corrected chi connectivity index (χ4v) is 4.18. The molecule has 12 heteroatoms. The van der Waals surface area contributed by atoms with Gasteiger partial charge >= 0.3 is 0 Å². The quantitative estimate of drug-likeness (QED) is 0.330. The molecule has 0 bridgehead atoms. The number of hydrogen-bond donors (Lipinski definition) is 3. The van der Waals surface area contributed by atoms with Crippen molar-refractivity contribution in [1.82, 2.24) is 20.3 Å². The molecule has 0 radical (unpaired) electrons. The molecule has 34 heavy (non-hydrogen) atoms. The van der Waals surface area contributed by atoms with Crippen molar-refractivity contribution in [2.45, 2.75) is 45.1 Å². The Kier molecular flexibility index (Phi) is 7.37. The van der Waals surface area contributed by atoms with Crippen molar-refractivity contribution >= 4 is 51.9 Å². The van der Waals surface area contributed by atoms with E-state index in [1.54, 1.807) is 0 Å². The van der Waals surface area contributed by atoms with Gasteiger partial charge in [0.1, 0.15) is 5.56 Å². The Morgan fingerprint density at radius 1 is 1.21 bits per heavy atom. The lowest BCUT2D eigenvalue weighted by atomic mass is 9.87. The first-order chi connectivity index (χ1) is 16.2. The maximum atomic E-state index is 14.4. The Labute approximate surface area is 203 Å². The van der Waals surface area contributed by atoms with E-state index in [2.05, 4.69) is 32.5 Å². The van der Waals surface area contributed by atoms with Gasteiger partial charge in [-0.05, 0) is 49.8 Å². The maximum Gasteiger partial charge on any atom is 0.272 e. The number of aromatic amines is 1. The molecule has 1 fully saturated rings. The number of hydrogen-bond acceptors (Lipinski definition) is 5. The lowest BCUT2D eigenvalue weighted by molar-refractivity contribution is 0.0770. The molecule has 0 saturated heterocycles. The van der Waals surface area contributed by atoms with E-state index >= 15 is 0 Å². The van der Waals surface area contributed by atoms with Crippen molar-refractivity contribution in [1.29, 1.82) is 0 Å². The zero-order valence-corrected chi connectivity index (χ0v) is 19.6. The Morgan fingerprint density at radius 2 is 1.91 bits per heavy atom. The third-order valence-electron chi connectivity index (χ3n) is 5.67. The Morgan fingerprint density at radius 3 is 2.62 bits per heavy atom. The highest BCUT2D eigenvalue weighted by Gasteiger charge is 2.24. The predicted molar refractivity (Wildman–Crippen MR) is 124 cm³/mol. The average Bonchev–Trinajstić information content (AvgIpc) is 3.20. The SMILES string of the molecule is CC1CCC(NC(=O)c2cc3[nH]c(Nc4c(Cl)ccc(Cl)c4F)nc3nc2OCC(F)F)CC1. The second-order valence-corrected chi connectivity index (χ2v) is 9.09. The van der Waals surface area contributed by atoms with E-state index in [4.69, 9.17) is 27.9 Å². The molecule has 1 saturated carbocycles. The maximum absolute atomic E-state index is 14.4. The Bertz CT molecular complexity index is 1200. The van der Waals surface area contributed by atoms with Crippen molar-refractivity contribution in [2.75, 3.05) is 11.9 Å². The van der Waals surface area contributed by atoms with Crippen LogP contribution in [0.4, 0.5) is 24.8 Å². The standard InChI is InChI=1S/C22H22Cl2F3N5O2/c1-10-2-4-11(5-3-10)28-20(33)12-8-15-19(31-21(12)34-9-16(25)26)32-22(29-15)30-18-14(24)7-6-13(23)17(18)27/h6-8,10-11,16H,2-5,9H2,1H3,(H,28,33)(H2,29,30,31,32). The van der Waals surface area contributed by atoms with Crippen LogP contribution >= 0.6 is 23.2 Å². The summed E-state index contributed by atoms with van der Waals surface area (Å²) in [6, 6.07) is 4.13. The van der Waals surface area contributed by atoms with Gasteiger partial charge in [0.25, 0.3) is 12.3 Å². The molecule has 0 spiro atoms. The number of H-pyrrole nitrogens is 1.